The molecule has 0 bridgehead atoms. The largest absolute Gasteiger partial charge is 0.313 e. The summed E-state index contributed by atoms with van der Waals surface area (Å²) < 4.78 is 0. The van der Waals surface area contributed by atoms with Crippen molar-refractivity contribution >= 4 is 11.8 Å². The summed E-state index contributed by atoms with van der Waals surface area (Å²) in [4.78, 5) is 0. The van der Waals surface area contributed by atoms with E-state index < -0.39 is 0 Å². The van der Waals surface area contributed by atoms with Gasteiger partial charge in [0.25, 0.3) is 0 Å². The van der Waals surface area contributed by atoms with Crippen LogP contribution in [-0.4, -0.2) is 17.8 Å². The third-order valence-electron chi connectivity index (χ3n) is 4.41. The van der Waals surface area contributed by atoms with Crippen molar-refractivity contribution in [2.75, 3.05) is 6.54 Å². The third kappa shape index (κ3) is 6.04. The van der Waals surface area contributed by atoms with Crippen LogP contribution in [0.4, 0.5) is 0 Å². The van der Waals surface area contributed by atoms with Gasteiger partial charge in [-0.15, -0.1) is 0 Å². The van der Waals surface area contributed by atoms with Gasteiger partial charge in [-0.2, -0.15) is 11.8 Å². The number of aryl methyl sites for hydroxylation is 1. The van der Waals surface area contributed by atoms with Crippen LogP contribution in [0.3, 0.4) is 0 Å². The first kappa shape index (κ1) is 16.9. The van der Waals surface area contributed by atoms with E-state index in [2.05, 4.69) is 55.2 Å². The normalized spacial score (nSPS) is 23.5. The lowest BCUT2D eigenvalue weighted by atomic mass is 9.96. The molecule has 0 amide bonds. The SMILES string of the molecule is CCCNC1CCCCCCC1SCc1cccc(C)c1. The molecule has 1 aromatic carbocycles. The predicted molar refractivity (Wildman–Crippen MR) is 96.0 cm³/mol. The van der Waals surface area contributed by atoms with Crippen molar-refractivity contribution in [3.8, 4) is 0 Å². The van der Waals surface area contributed by atoms with E-state index in [4.69, 9.17) is 0 Å². The van der Waals surface area contributed by atoms with Gasteiger partial charge in [-0.05, 0) is 38.3 Å². The molecule has 0 aromatic heterocycles. The molecule has 2 atom stereocenters. The fourth-order valence-corrected chi connectivity index (χ4v) is 4.60. The Morgan fingerprint density at radius 3 is 2.71 bits per heavy atom. The summed E-state index contributed by atoms with van der Waals surface area (Å²) in [5.41, 5.74) is 2.86. The summed E-state index contributed by atoms with van der Waals surface area (Å²) >= 11 is 2.18. The Labute approximate surface area is 135 Å². The van der Waals surface area contributed by atoms with E-state index in [1.165, 1.54) is 62.6 Å². The van der Waals surface area contributed by atoms with E-state index in [-0.39, 0.29) is 0 Å². The first-order valence-corrected chi connectivity index (χ1v) is 9.75. The quantitative estimate of drug-likeness (QED) is 0.763. The molecule has 1 saturated carbocycles. The van der Waals surface area contributed by atoms with Crippen LogP contribution in [-0.2, 0) is 5.75 Å². The number of hydrogen-bond donors (Lipinski definition) is 1. The molecule has 1 nitrogen and oxygen atoms in total. The summed E-state index contributed by atoms with van der Waals surface area (Å²) in [6.45, 7) is 5.63. The van der Waals surface area contributed by atoms with Gasteiger partial charge in [0.2, 0.25) is 0 Å². The molecule has 1 aliphatic carbocycles. The molecule has 0 saturated heterocycles. The molecule has 2 unspecified atom stereocenters. The molecule has 1 N–H and O–H groups in total. The maximum atomic E-state index is 3.82. The number of thioether (sulfide) groups is 1. The fourth-order valence-electron chi connectivity index (χ4n) is 3.22. The van der Waals surface area contributed by atoms with Crippen LogP contribution < -0.4 is 5.32 Å². The number of benzene rings is 1. The summed E-state index contributed by atoms with van der Waals surface area (Å²) in [6.07, 6.45) is 9.68. The minimum absolute atomic E-state index is 0.722. The van der Waals surface area contributed by atoms with Gasteiger partial charge in [0.05, 0.1) is 0 Å². The zero-order chi connectivity index (χ0) is 14.9. The highest BCUT2D eigenvalue weighted by molar-refractivity contribution is 7.99. The van der Waals surface area contributed by atoms with Crippen LogP contribution in [0.1, 0.15) is 63.0 Å². The monoisotopic (exact) mass is 305 g/mol. The van der Waals surface area contributed by atoms with Crippen LogP contribution in [0, 0.1) is 6.92 Å². The fraction of sp³-hybridized carbons (Fsp3) is 0.684. The van der Waals surface area contributed by atoms with Crippen LogP contribution >= 0.6 is 11.8 Å². The minimum Gasteiger partial charge on any atom is -0.313 e. The van der Waals surface area contributed by atoms with Crippen molar-refractivity contribution in [2.24, 2.45) is 0 Å². The van der Waals surface area contributed by atoms with Gasteiger partial charge < -0.3 is 5.32 Å². The first-order valence-electron chi connectivity index (χ1n) is 8.70. The molecule has 21 heavy (non-hydrogen) atoms. The Balaban J connectivity index is 1.91. The Morgan fingerprint density at radius 2 is 1.95 bits per heavy atom. The Bertz CT molecular complexity index is 402. The summed E-state index contributed by atoms with van der Waals surface area (Å²) in [6, 6.07) is 9.72. The van der Waals surface area contributed by atoms with E-state index in [0.29, 0.717) is 0 Å². The van der Waals surface area contributed by atoms with Gasteiger partial charge in [0, 0.05) is 17.0 Å². The number of nitrogens with one attached hydrogen (secondary N) is 1. The summed E-state index contributed by atoms with van der Waals surface area (Å²) in [5.74, 6) is 1.16. The van der Waals surface area contributed by atoms with Crippen molar-refractivity contribution < 1.29 is 0 Å². The molecule has 118 valence electrons. The highest BCUT2D eigenvalue weighted by Crippen LogP contribution is 2.29. The maximum Gasteiger partial charge on any atom is 0.0204 e. The average molecular weight is 306 g/mol. The van der Waals surface area contributed by atoms with Crippen LogP contribution in [0.5, 0.6) is 0 Å². The second-order valence-electron chi connectivity index (χ2n) is 6.39. The first-order chi connectivity index (χ1) is 10.3. The van der Waals surface area contributed by atoms with E-state index in [9.17, 15) is 0 Å². The van der Waals surface area contributed by atoms with E-state index in [1.54, 1.807) is 0 Å². The van der Waals surface area contributed by atoms with Crippen LogP contribution in [0.25, 0.3) is 0 Å². The zero-order valence-electron chi connectivity index (χ0n) is 13.7. The Morgan fingerprint density at radius 1 is 1.14 bits per heavy atom. The van der Waals surface area contributed by atoms with E-state index in [0.717, 1.165) is 17.0 Å². The molecule has 2 rings (SSSR count). The van der Waals surface area contributed by atoms with Crippen molar-refractivity contribution in [1.29, 1.82) is 0 Å². The molecule has 1 fully saturated rings. The summed E-state index contributed by atoms with van der Waals surface area (Å²) in [7, 11) is 0. The van der Waals surface area contributed by atoms with Crippen molar-refractivity contribution in [2.45, 2.75) is 75.8 Å². The molecule has 1 aliphatic rings. The van der Waals surface area contributed by atoms with Gasteiger partial charge in [-0.3, -0.25) is 0 Å². The van der Waals surface area contributed by atoms with Crippen molar-refractivity contribution in [3.63, 3.8) is 0 Å². The van der Waals surface area contributed by atoms with Crippen molar-refractivity contribution in [3.05, 3.63) is 35.4 Å². The van der Waals surface area contributed by atoms with Gasteiger partial charge in [0.15, 0.2) is 0 Å². The van der Waals surface area contributed by atoms with Gasteiger partial charge in [0.1, 0.15) is 0 Å². The molecule has 0 radical (unpaired) electrons. The Hall–Kier alpha value is -0.470. The molecule has 1 aromatic rings. The second-order valence-corrected chi connectivity index (χ2v) is 7.62. The zero-order valence-corrected chi connectivity index (χ0v) is 14.6. The molecular formula is C19H31NS. The topological polar surface area (TPSA) is 12.0 Å². The molecule has 2 heteroatoms. The van der Waals surface area contributed by atoms with E-state index >= 15 is 0 Å². The smallest absolute Gasteiger partial charge is 0.0204 e. The van der Waals surface area contributed by atoms with Gasteiger partial charge in [-0.25, -0.2) is 0 Å². The van der Waals surface area contributed by atoms with E-state index in [1.807, 2.05) is 0 Å². The lowest BCUT2D eigenvalue weighted by molar-refractivity contribution is 0.400. The highest BCUT2D eigenvalue weighted by atomic mass is 32.2. The minimum atomic E-state index is 0.722. The van der Waals surface area contributed by atoms with Crippen LogP contribution in [0.2, 0.25) is 0 Å². The average Bonchev–Trinajstić information content (AvgIpc) is 2.46. The third-order valence-corrected chi connectivity index (χ3v) is 5.90. The lowest BCUT2D eigenvalue weighted by Crippen LogP contribution is -2.39. The predicted octanol–water partition coefficient (Wildman–Crippen LogP) is 5.32. The number of hydrogen-bond acceptors (Lipinski definition) is 2. The van der Waals surface area contributed by atoms with Gasteiger partial charge in [-0.1, -0.05) is 62.4 Å². The maximum absolute atomic E-state index is 3.82. The lowest BCUT2D eigenvalue weighted by Gasteiger charge is -2.30. The van der Waals surface area contributed by atoms with Crippen LogP contribution in [0.15, 0.2) is 24.3 Å². The molecular weight excluding hydrogens is 274 g/mol. The summed E-state index contributed by atoms with van der Waals surface area (Å²) in [5, 5.41) is 4.61. The standard InChI is InChI=1S/C19H31NS/c1-3-13-20-18-11-6-4-5-7-12-19(18)21-15-17-10-8-9-16(2)14-17/h8-10,14,18-20H,3-7,11-13,15H2,1-2H3. The molecule has 0 heterocycles. The second kappa shape index (κ2) is 9.53. The highest BCUT2D eigenvalue weighted by Gasteiger charge is 2.22. The molecule has 0 aliphatic heterocycles. The Kier molecular flexibility index (Phi) is 7.66. The van der Waals surface area contributed by atoms with Crippen molar-refractivity contribution in [1.82, 2.24) is 5.32 Å². The van der Waals surface area contributed by atoms with Gasteiger partial charge >= 0.3 is 0 Å². The number of rotatable bonds is 6. The molecule has 0 spiro atoms.